The van der Waals surface area contributed by atoms with E-state index in [9.17, 15) is 14.7 Å². The number of ether oxygens (including phenoxy) is 1. The highest BCUT2D eigenvalue weighted by Gasteiger charge is 2.11. The van der Waals surface area contributed by atoms with Crippen LogP contribution in [0.1, 0.15) is 40.0 Å². The summed E-state index contributed by atoms with van der Waals surface area (Å²) in [6, 6.07) is 0.182. The van der Waals surface area contributed by atoms with Crippen LogP contribution in [0.15, 0.2) is 0 Å². The van der Waals surface area contributed by atoms with Gasteiger partial charge in [0.05, 0.1) is 19.1 Å². The molecule has 0 saturated heterocycles. The van der Waals surface area contributed by atoms with E-state index in [1.54, 1.807) is 6.92 Å². The summed E-state index contributed by atoms with van der Waals surface area (Å²) >= 11 is 0. The molecule has 112 valence electrons. The molecule has 0 aliphatic rings. The lowest BCUT2D eigenvalue weighted by Gasteiger charge is -2.13. The predicted molar refractivity (Wildman–Crippen MR) is 72.6 cm³/mol. The number of hydrogen-bond donors (Lipinski definition) is 3. The minimum absolute atomic E-state index is 0.0123. The maximum atomic E-state index is 11.4. The average molecular weight is 274 g/mol. The molecule has 6 heteroatoms. The van der Waals surface area contributed by atoms with Gasteiger partial charge in [0.15, 0.2) is 0 Å². The number of rotatable bonds is 10. The quantitative estimate of drug-likeness (QED) is 0.391. The first-order chi connectivity index (χ1) is 8.99. The van der Waals surface area contributed by atoms with Crippen molar-refractivity contribution in [3.8, 4) is 0 Å². The third-order valence-electron chi connectivity index (χ3n) is 2.64. The normalized spacial score (nSPS) is 13.7. The van der Waals surface area contributed by atoms with E-state index < -0.39 is 12.1 Å². The molecule has 19 heavy (non-hydrogen) atoms. The van der Waals surface area contributed by atoms with Crippen molar-refractivity contribution in [3.05, 3.63) is 0 Å². The summed E-state index contributed by atoms with van der Waals surface area (Å²) in [7, 11) is 0. The van der Waals surface area contributed by atoms with Crippen molar-refractivity contribution in [1.29, 1.82) is 0 Å². The molecular formula is C13H26N2O4. The van der Waals surface area contributed by atoms with Crippen LogP contribution < -0.4 is 10.6 Å². The van der Waals surface area contributed by atoms with Gasteiger partial charge in [-0.3, -0.25) is 9.59 Å². The molecule has 0 aliphatic carbocycles. The molecule has 0 radical (unpaired) electrons. The number of aliphatic hydroxyl groups excluding tert-OH is 1. The van der Waals surface area contributed by atoms with Crippen molar-refractivity contribution in [2.24, 2.45) is 0 Å². The van der Waals surface area contributed by atoms with Crippen LogP contribution in [0.3, 0.4) is 0 Å². The molecule has 0 spiro atoms. The summed E-state index contributed by atoms with van der Waals surface area (Å²) in [4.78, 5) is 22.5. The SMILES string of the molecule is CCOC(=O)CC(O)CNCCC(=O)NC(C)CC. The molecule has 0 heterocycles. The number of carbonyl (C=O) groups excluding carboxylic acids is 2. The van der Waals surface area contributed by atoms with Crippen molar-refractivity contribution >= 4 is 11.9 Å². The molecule has 0 saturated carbocycles. The summed E-state index contributed by atoms with van der Waals surface area (Å²) in [5.74, 6) is -0.423. The third-order valence-corrected chi connectivity index (χ3v) is 2.64. The molecule has 0 bridgehead atoms. The van der Waals surface area contributed by atoms with Gasteiger partial charge < -0.3 is 20.5 Å². The third kappa shape index (κ3) is 10.5. The predicted octanol–water partition coefficient (Wildman–Crippen LogP) is 0.195. The lowest BCUT2D eigenvalue weighted by Crippen LogP contribution is -2.35. The summed E-state index contributed by atoms with van der Waals surface area (Å²) in [5.41, 5.74) is 0. The van der Waals surface area contributed by atoms with Gasteiger partial charge in [0, 0.05) is 25.6 Å². The molecule has 2 unspecified atom stereocenters. The minimum atomic E-state index is -0.781. The Labute approximate surface area is 114 Å². The van der Waals surface area contributed by atoms with Gasteiger partial charge in [0.25, 0.3) is 0 Å². The zero-order valence-electron chi connectivity index (χ0n) is 12.1. The van der Waals surface area contributed by atoms with Gasteiger partial charge in [0.2, 0.25) is 5.91 Å². The van der Waals surface area contributed by atoms with Gasteiger partial charge in [-0.05, 0) is 20.3 Å². The maximum Gasteiger partial charge on any atom is 0.308 e. The Morgan fingerprint density at radius 2 is 2.00 bits per heavy atom. The molecule has 1 amide bonds. The molecule has 6 nitrogen and oxygen atoms in total. The van der Waals surface area contributed by atoms with E-state index in [0.717, 1.165) is 6.42 Å². The molecule has 0 aromatic carbocycles. The standard InChI is InChI=1S/C13H26N2O4/c1-4-10(3)15-12(17)6-7-14-9-11(16)8-13(18)19-5-2/h10-11,14,16H,4-9H2,1-3H3,(H,15,17). The fraction of sp³-hybridized carbons (Fsp3) is 0.846. The van der Waals surface area contributed by atoms with Crippen molar-refractivity contribution < 1.29 is 19.4 Å². The van der Waals surface area contributed by atoms with E-state index in [4.69, 9.17) is 4.74 Å². The van der Waals surface area contributed by atoms with Gasteiger partial charge in [-0.2, -0.15) is 0 Å². The van der Waals surface area contributed by atoms with Crippen LogP contribution in [0.2, 0.25) is 0 Å². The highest BCUT2D eigenvalue weighted by atomic mass is 16.5. The van der Waals surface area contributed by atoms with Gasteiger partial charge in [-0.25, -0.2) is 0 Å². The van der Waals surface area contributed by atoms with E-state index >= 15 is 0 Å². The first kappa shape index (κ1) is 17.9. The summed E-state index contributed by atoms with van der Waals surface area (Å²) in [5, 5.41) is 15.3. The number of nitrogens with one attached hydrogen (secondary N) is 2. The van der Waals surface area contributed by atoms with Gasteiger partial charge in [-0.1, -0.05) is 6.92 Å². The first-order valence-corrected chi connectivity index (χ1v) is 6.83. The molecule has 0 rings (SSSR count). The highest BCUT2D eigenvalue weighted by molar-refractivity contribution is 5.76. The van der Waals surface area contributed by atoms with Crippen molar-refractivity contribution in [2.75, 3.05) is 19.7 Å². The van der Waals surface area contributed by atoms with E-state index in [1.165, 1.54) is 0 Å². The molecule has 3 N–H and O–H groups in total. The van der Waals surface area contributed by atoms with Crippen LogP contribution in [-0.4, -0.2) is 48.8 Å². The zero-order valence-corrected chi connectivity index (χ0v) is 12.1. The largest absolute Gasteiger partial charge is 0.466 e. The van der Waals surface area contributed by atoms with E-state index in [0.29, 0.717) is 19.6 Å². The Bertz CT molecular complexity index is 271. The fourth-order valence-corrected chi connectivity index (χ4v) is 1.40. The first-order valence-electron chi connectivity index (χ1n) is 6.83. The Hall–Kier alpha value is -1.14. The molecule has 2 atom stereocenters. The average Bonchev–Trinajstić information content (AvgIpc) is 2.34. The summed E-state index contributed by atoms with van der Waals surface area (Å²) in [6.45, 7) is 6.74. The van der Waals surface area contributed by atoms with Crippen molar-refractivity contribution in [2.45, 2.75) is 52.2 Å². The van der Waals surface area contributed by atoms with Crippen LogP contribution in [-0.2, 0) is 14.3 Å². The molecule has 0 aliphatic heterocycles. The summed E-state index contributed by atoms with van der Waals surface area (Å²) in [6.07, 6.45) is 0.449. The van der Waals surface area contributed by atoms with Crippen LogP contribution >= 0.6 is 0 Å². The number of carbonyl (C=O) groups is 2. The maximum absolute atomic E-state index is 11.4. The van der Waals surface area contributed by atoms with Crippen molar-refractivity contribution in [1.82, 2.24) is 10.6 Å². The zero-order chi connectivity index (χ0) is 14.7. The number of aliphatic hydroxyl groups is 1. The Kier molecular flexibility index (Phi) is 10.1. The number of esters is 1. The topological polar surface area (TPSA) is 87.7 Å². The van der Waals surface area contributed by atoms with E-state index in [1.807, 2.05) is 13.8 Å². The Balaban J connectivity index is 3.57. The monoisotopic (exact) mass is 274 g/mol. The molecule has 0 aromatic rings. The second-order valence-electron chi connectivity index (χ2n) is 4.49. The minimum Gasteiger partial charge on any atom is -0.466 e. The van der Waals surface area contributed by atoms with Crippen LogP contribution in [0.5, 0.6) is 0 Å². The fourth-order valence-electron chi connectivity index (χ4n) is 1.40. The highest BCUT2D eigenvalue weighted by Crippen LogP contribution is 1.94. The van der Waals surface area contributed by atoms with Crippen LogP contribution in [0, 0.1) is 0 Å². The van der Waals surface area contributed by atoms with Gasteiger partial charge in [-0.15, -0.1) is 0 Å². The second kappa shape index (κ2) is 10.8. The lowest BCUT2D eigenvalue weighted by atomic mass is 10.2. The second-order valence-corrected chi connectivity index (χ2v) is 4.49. The Morgan fingerprint density at radius 1 is 1.32 bits per heavy atom. The van der Waals surface area contributed by atoms with E-state index in [-0.39, 0.29) is 24.9 Å². The van der Waals surface area contributed by atoms with Gasteiger partial charge >= 0.3 is 5.97 Å². The number of amides is 1. The Morgan fingerprint density at radius 3 is 2.58 bits per heavy atom. The number of hydrogen-bond acceptors (Lipinski definition) is 5. The molecule has 0 aromatic heterocycles. The molecular weight excluding hydrogens is 248 g/mol. The van der Waals surface area contributed by atoms with E-state index in [2.05, 4.69) is 10.6 Å². The molecule has 0 fully saturated rings. The summed E-state index contributed by atoms with van der Waals surface area (Å²) < 4.78 is 4.72. The lowest BCUT2D eigenvalue weighted by molar-refractivity contribution is -0.145. The van der Waals surface area contributed by atoms with Crippen LogP contribution in [0.4, 0.5) is 0 Å². The smallest absolute Gasteiger partial charge is 0.308 e. The van der Waals surface area contributed by atoms with Crippen molar-refractivity contribution in [3.63, 3.8) is 0 Å². The van der Waals surface area contributed by atoms with Crippen LogP contribution in [0.25, 0.3) is 0 Å². The van der Waals surface area contributed by atoms with Gasteiger partial charge in [0.1, 0.15) is 0 Å².